The van der Waals surface area contributed by atoms with Gasteiger partial charge in [0.15, 0.2) is 0 Å². The number of hydrogen-bond acceptors (Lipinski definition) is 2. The summed E-state index contributed by atoms with van der Waals surface area (Å²) in [6, 6.07) is 10.5. The minimum Gasteiger partial charge on any atom is -0.369 e. The Morgan fingerprint density at radius 1 is 1.16 bits per heavy atom. The molecule has 3 rings (SSSR count). The van der Waals surface area contributed by atoms with E-state index in [4.69, 9.17) is 11.6 Å². The average Bonchev–Trinajstić information content (AvgIpc) is 3.20. The summed E-state index contributed by atoms with van der Waals surface area (Å²) in [5.41, 5.74) is 1.32. The van der Waals surface area contributed by atoms with Crippen LogP contribution < -0.4 is 5.32 Å². The monoisotopic (exact) mass is 276 g/mol. The van der Waals surface area contributed by atoms with E-state index in [-0.39, 0.29) is 11.2 Å². The van der Waals surface area contributed by atoms with Gasteiger partial charge in [-0.05, 0) is 42.7 Å². The van der Waals surface area contributed by atoms with Crippen LogP contribution >= 0.6 is 11.6 Å². The maximum atomic E-state index is 12.9. The molecule has 0 spiro atoms. The second-order valence-corrected chi connectivity index (χ2v) is 5.44. The Morgan fingerprint density at radius 3 is 2.47 bits per heavy atom. The van der Waals surface area contributed by atoms with Crippen LogP contribution in [0.25, 0.3) is 0 Å². The maximum Gasteiger partial charge on any atom is 0.126 e. The first kappa shape index (κ1) is 12.4. The summed E-state index contributed by atoms with van der Waals surface area (Å²) in [7, 11) is 0. The first-order valence-electron chi connectivity index (χ1n) is 6.29. The average molecular weight is 277 g/mol. The molecule has 1 heterocycles. The lowest BCUT2D eigenvalue weighted by Gasteiger charge is -2.17. The molecule has 1 aromatic heterocycles. The Balaban J connectivity index is 1.69. The third-order valence-electron chi connectivity index (χ3n) is 3.65. The van der Waals surface area contributed by atoms with Crippen molar-refractivity contribution in [3.05, 3.63) is 59.0 Å². The zero-order valence-corrected chi connectivity index (χ0v) is 11.1. The molecule has 1 aliphatic carbocycles. The highest BCUT2D eigenvalue weighted by Crippen LogP contribution is 2.48. The number of nitrogens with one attached hydrogen (secondary N) is 1. The van der Waals surface area contributed by atoms with Gasteiger partial charge in [0.2, 0.25) is 0 Å². The van der Waals surface area contributed by atoms with E-state index in [9.17, 15) is 4.39 Å². The molecule has 0 unspecified atom stereocenters. The van der Waals surface area contributed by atoms with Crippen LogP contribution in [0.4, 0.5) is 10.2 Å². The molecule has 0 radical (unpaired) electrons. The molecule has 1 fully saturated rings. The summed E-state index contributed by atoms with van der Waals surface area (Å²) in [5.74, 6) is 0.629. The Morgan fingerprint density at radius 2 is 1.89 bits per heavy atom. The Bertz CT molecular complexity index is 562. The van der Waals surface area contributed by atoms with Crippen molar-refractivity contribution in [3.63, 3.8) is 0 Å². The van der Waals surface area contributed by atoms with Gasteiger partial charge < -0.3 is 5.32 Å². The van der Waals surface area contributed by atoms with Crippen molar-refractivity contribution < 1.29 is 4.39 Å². The van der Waals surface area contributed by atoms with Crippen molar-refractivity contribution in [2.24, 2.45) is 0 Å². The molecule has 1 aromatic carbocycles. The van der Waals surface area contributed by atoms with Gasteiger partial charge in [-0.3, -0.25) is 0 Å². The topological polar surface area (TPSA) is 24.9 Å². The molecule has 0 saturated heterocycles. The summed E-state index contributed by atoms with van der Waals surface area (Å²) < 4.78 is 12.9. The molecular weight excluding hydrogens is 263 g/mol. The summed E-state index contributed by atoms with van der Waals surface area (Å²) in [6.07, 6.45) is 3.87. The van der Waals surface area contributed by atoms with Crippen molar-refractivity contribution >= 4 is 17.4 Å². The van der Waals surface area contributed by atoms with Crippen molar-refractivity contribution in [2.45, 2.75) is 18.3 Å². The van der Waals surface area contributed by atoms with Crippen LogP contribution in [0, 0.1) is 5.82 Å². The minimum absolute atomic E-state index is 0.134. The van der Waals surface area contributed by atoms with Crippen molar-refractivity contribution in [2.75, 3.05) is 11.9 Å². The summed E-state index contributed by atoms with van der Waals surface area (Å²) in [4.78, 5) is 4.21. The summed E-state index contributed by atoms with van der Waals surface area (Å²) in [5, 5.41) is 3.95. The van der Waals surface area contributed by atoms with Gasteiger partial charge in [-0.1, -0.05) is 23.7 Å². The highest BCUT2D eigenvalue weighted by atomic mass is 35.5. The smallest absolute Gasteiger partial charge is 0.126 e. The Hall–Kier alpha value is -1.61. The molecule has 1 saturated carbocycles. The van der Waals surface area contributed by atoms with E-state index in [1.54, 1.807) is 6.20 Å². The molecule has 0 amide bonds. The second-order valence-electron chi connectivity index (χ2n) is 5.00. The largest absolute Gasteiger partial charge is 0.369 e. The number of aromatic nitrogens is 1. The third-order valence-corrected chi connectivity index (χ3v) is 3.87. The molecule has 0 bridgehead atoms. The number of hydrogen-bond donors (Lipinski definition) is 1. The lowest BCUT2D eigenvalue weighted by Crippen LogP contribution is -2.20. The SMILES string of the molecule is Fc1ccc(C2(CNc3ccc(Cl)cn3)CC2)cc1. The number of rotatable bonds is 4. The van der Waals surface area contributed by atoms with E-state index >= 15 is 0 Å². The molecule has 98 valence electrons. The number of benzene rings is 1. The van der Waals surface area contributed by atoms with Crippen LogP contribution in [0.1, 0.15) is 18.4 Å². The van der Waals surface area contributed by atoms with Gasteiger partial charge >= 0.3 is 0 Å². The van der Waals surface area contributed by atoms with Crippen molar-refractivity contribution in [1.29, 1.82) is 0 Å². The van der Waals surface area contributed by atoms with Crippen LogP contribution in [0.5, 0.6) is 0 Å². The fraction of sp³-hybridized carbons (Fsp3) is 0.267. The van der Waals surface area contributed by atoms with Crippen molar-refractivity contribution in [1.82, 2.24) is 4.98 Å². The standard InChI is InChI=1S/C15H14ClFN2/c16-12-3-6-14(18-9-12)19-10-15(7-8-15)11-1-4-13(17)5-2-11/h1-6,9H,7-8,10H2,(H,18,19). The molecular formula is C15H14ClFN2. The first-order valence-corrected chi connectivity index (χ1v) is 6.67. The van der Waals surface area contributed by atoms with Crippen LogP contribution in [0.3, 0.4) is 0 Å². The number of pyridine rings is 1. The third kappa shape index (κ3) is 2.71. The lowest BCUT2D eigenvalue weighted by atomic mass is 9.96. The highest BCUT2D eigenvalue weighted by molar-refractivity contribution is 6.30. The van der Waals surface area contributed by atoms with Gasteiger partial charge in [0, 0.05) is 18.2 Å². The van der Waals surface area contributed by atoms with Crippen LogP contribution in [0.15, 0.2) is 42.6 Å². The Labute approximate surface area is 116 Å². The van der Waals surface area contributed by atoms with E-state index in [1.807, 2.05) is 24.3 Å². The molecule has 0 aliphatic heterocycles. The molecule has 2 aromatic rings. The molecule has 4 heteroatoms. The van der Waals surface area contributed by atoms with Gasteiger partial charge in [-0.15, -0.1) is 0 Å². The minimum atomic E-state index is -0.188. The maximum absolute atomic E-state index is 12.9. The summed E-state index contributed by atoms with van der Waals surface area (Å²) >= 11 is 5.80. The predicted octanol–water partition coefficient (Wildman–Crippen LogP) is 4.02. The van der Waals surface area contributed by atoms with Crippen LogP contribution in [-0.4, -0.2) is 11.5 Å². The van der Waals surface area contributed by atoms with Gasteiger partial charge in [-0.25, -0.2) is 9.37 Å². The van der Waals surface area contributed by atoms with Gasteiger partial charge in [0.05, 0.1) is 5.02 Å². The molecule has 19 heavy (non-hydrogen) atoms. The van der Waals surface area contributed by atoms with E-state index in [2.05, 4.69) is 10.3 Å². The lowest BCUT2D eigenvalue weighted by molar-refractivity contribution is 0.624. The highest BCUT2D eigenvalue weighted by Gasteiger charge is 2.43. The van der Waals surface area contributed by atoms with Gasteiger partial charge in [0.25, 0.3) is 0 Å². The van der Waals surface area contributed by atoms with Crippen LogP contribution in [-0.2, 0) is 5.41 Å². The van der Waals surface area contributed by atoms with Crippen molar-refractivity contribution in [3.8, 4) is 0 Å². The quantitative estimate of drug-likeness (QED) is 0.912. The van der Waals surface area contributed by atoms with Gasteiger partial charge in [0.1, 0.15) is 11.6 Å². The fourth-order valence-electron chi connectivity index (χ4n) is 2.26. The van der Waals surface area contributed by atoms with E-state index in [1.165, 1.54) is 17.7 Å². The molecule has 1 N–H and O–H groups in total. The predicted molar refractivity (Wildman–Crippen MR) is 75.0 cm³/mol. The second kappa shape index (κ2) is 4.82. The van der Waals surface area contributed by atoms with Crippen LogP contribution in [0.2, 0.25) is 5.02 Å². The number of nitrogens with zero attached hydrogens (tertiary/aromatic N) is 1. The summed E-state index contributed by atoms with van der Waals surface area (Å²) in [6.45, 7) is 0.813. The van der Waals surface area contributed by atoms with E-state index in [0.29, 0.717) is 5.02 Å². The molecule has 2 nitrogen and oxygen atoms in total. The molecule has 0 atom stereocenters. The Kier molecular flexibility index (Phi) is 3.15. The first-order chi connectivity index (χ1) is 9.18. The van der Waals surface area contributed by atoms with E-state index < -0.39 is 0 Å². The molecule has 1 aliphatic rings. The number of halogens is 2. The normalized spacial score (nSPS) is 16.1. The fourth-order valence-corrected chi connectivity index (χ4v) is 2.37. The zero-order valence-electron chi connectivity index (χ0n) is 10.4. The van der Waals surface area contributed by atoms with E-state index in [0.717, 1.165) is 25.2 Å². The number of anilines is 1. The van der Waals surface area contributed by atoms with Gasteiger partial charge in [-0.2, -0.15) is 0 Å². The zero-order chi connectivity index (χ0) is 13.3.